The van der Waals surface area contributed by atoms with Crippen LogP contribution in [0.4, 0.5) is 0 Å². The van der Waals surface area contributed by atoms with Crippen LogP contribution >= 0.6 is 12.4 Å². The molecule has 1 heterocycles. The number of aliphatic hydroxyl groups is 1. The largest absolute Gasteiger partial charge is 0.490 e. The lowest BCUT2D eigenvalue weighted by Gasteiger charge is -2.53. The van der Waals surface area contributed by atoms with E-state index < -0.39 is 6.10 Å². The topological polar surface area (TPSA) is 32.7 Å². The van der Waals surface area contributed by atoms with Crippen molar-refractivity contribution in [1.29, 1.82) is 0 Å². The molecule has 0 bridgehead atoms. The van der Waals surface area contributed by atoms with Crippen LogP contribution in [0.25, 0.3) is 0 Å². The number of nitrogens with zero attached hydrogens (tertiary/aromatic N) is 1. The quantitative estimate of drug-likeness (QED) is 0.843. The van der Waals surface area contributed by atoms with Crippen molar-refractivity contribution in [3.8, 4) is 5.75 Å². The molecule has 1 atom stereocenters. The Bertz CT molecular complexity index is 506. The first-order chi connectivity index (χ1) is 10.6. The molecule has 2 rings (SSSR count). The van der Waals surface area contributed by atoms with Gasteiger partial charge in [-0.3, -0.25) is 4.90 Å². The number of ether oxygens (including phenoxy) is 1. The molecule has 0 aromatic heterocycles. The molecule has 4 heteroatoms. The minimum Gasteiger partial charge on any atom is -0.490 e. The summed E-state index contributed by atoms with van der Waals surface area (Å²) in [5, 5.41) is 10.5. The lowest BCUT2D eigenvalue weighted by Crippen LogP contribution is -2.60. The van der Waals surface area contributed by atoms with Crippen molar-refractivity contribution in [2.45, 2.75) is 78.0 Å². The van der Waals surface area contributed by atoms with Gasteiger partial charge < -0.3 is 9.84 Å². The van der Waals surface area contributed by atoms with Crippen molar-refractivity contribution in [3.05, 3.63) is 29.3 Å². The van der Waals surface area contributed by atoms with Gasteiger partial charge in [0.15, 0.2) is 0 Å². The smallest absolute Gasteiger partial charge is 0.125 e. The molecule has 0 spiro atoms. The van der Waals surface area contributed by atoms with Crippen LogP contribution in [0.2, 0.25) is 0 Å². The molecule has 138 valence electrons. The van der Waals surface area contributed by atoms with E-state index in [2.05, 4.69) is 32.6 Å². The Morgan fingerprint density at radius 1 is 1.08 bits per heavy atom. The Morgan fingerprint density at radius 3 is 2.08 bits per heavy atom. The van der Waals surface area contributed by atoms with Gasteiger partial charge in [-0.05, 0) is 71.9 Å². The summed E-state index contributed by atoms with van der Waals surface area (Å²) in [5.41, 5.74) is 2.49. The zero-order valence-corrected chi connectivity index (χ0v) is 16.9. The highest BCUT2D eigenvalue weighted by Crippen LogP contribution is 2.38. The highest BCUT2D eigenvalue weighted by atomic mass is 35.5. The summed E-state index contributed by atoms with van der Waals surface area (Å²) in [7, 11) is 0. The molecule has 0 radical (unpaired) electrons. The van der Waals surface area contributed by atoms with E-state index in [-0.39, 0.29) is 23.5 Å². The molecule has 3 nitrogen and oxygen atoms in total. The molecule has 0 amide bonds. The van der Waals surface area contributed by atoms with Gasteiger partial charge in [-0.2, -0.15) is 0 Å². The summed E-state index contributed by atoms with van der Waals surface area (Å²) < 4.78 is 5.93. The SMILES string of the molecule is Cc1cccc(C)c1OCC(O)CN1C(C)(C)CCCC1(C)C.Cl. The molecule has 24 heavy (non-hydrogen) atoms. The Hall–Kier alpha value is -0.770. The van der Waals surface area contributed by atoms with Crippen molar-refractivity contribution in [2.24, 2.45) is 0 Å². The molecule has 1 saturated heterocycles. The summed E-state index contributed by atoms with van der Waals surface area (Å²) in [4.78, 5) is 2.46. The second-order valence-electron chi connectivity index (χ2n) is 8.27. The van der Waals surface area contributed by atoms with Crippen molar-refractivity contribution in [3.63, 3.8) is 0 Å². The van der Waals surface area contributed by atoms with E-state index in [1.165, 1.54) is 19.3 Å². The average Bonchev–Trinajstić information content (AvgIpc) is 2.42. The first-order valence-electron chi connectivity index (χ1n) is 8.78. The fourth-order valence-electron chi connectivity index (χ4n) is 4.01. The number of likely N-dealkylation sites (tertiary alicyclic amines) is 1. The fourth-order valence-corrected chi connectivity index (χ4v) is 4.01. The van der Waals surface area contributed by atoms with Crippen LogP contribution in [0.15, 0.2) is 18.2 Å². The molecule has 0 saturated carbocycles. The molecule has 1 aliphatic rings. The maximum Gasteiger partial charge on any atom is 0.125 e. The van der Waals surface area contributed by atoms with Crippen molar-refractivity contribution in [2.75, 3.05) is 13.2 Å². The van der Waals surface area contributed by atoms with Gasteiger partial charge in [0.25, 0.3) is 0 Å². The zero-order chi connectivity index (χ0) is 17.3. The van der Waals surface area contributed by atoms with E-state index in [4.69, 9.17) is 4.74 Å². The number of halogens is 1. The molecule has 1 fully saturated rings. The summed E-state index contributed by atoms with van der Waals surface area (Å²) >= 11 is 0. The number of piperidine rings is 1. The summed E-state index contributed by atoms with van der Waals surface area (Å²) in [6.45, 7) is 14.2. The molecule has 1 N–H and O–H groups in total. The molecule has 0 aliphatic carbocycles. The number of benzene rings is 1. The van der Waals surface area contributed by atoms with E-state index in [0.717, 1.165) is 16.9 Å². The number of para-hydroxylation sites is 1. The average molecular weight is 356 g/mol. The second-order valence-corrected chi connectivity index (χ2v) is 8.27. The van der Waals surface area contributed by atoms with Crippen LogP contribution in [0.3, 0.4) is 0 Å². The minimum atomic E-state index is -0.481. The first-order valence-corrected chi connectivity index (χ1v) is 8.78. The van der Waals surface area contributed by atoms with Gasteiger partial charge in [0.05, 0.1) is 0 Å². The van der Waals surface area contributed by atoms with E-state index in [1.54, 1.807) is 0 Å². The zero-order valence-electron chi connectivity index (χ0n) is 16.1. The van der Waals surface area contributed by atoms with Gasteiger partial charge >= 0.3 is 0 Å². The van der Waals surface area contributed by atoms with Crippen LogP contribution in [0, 0.1) is 13.8 Å². The Morgan fingerprint density at radius 2 is 1.58 bits per heavy atom. The molecule has 1 aromatic rings. The van der Waals surface area contributed by atoms with E-state index >= 15 is 0 Å². The fraction of sp³-hybridized carbons (Fsp3) is 0.700. The van der Waals surface area contributed by atoms with Crippen molar-refractivity contribution in [1.82, 2.24) is 4.90 Å². The summed E-state index contributed by atoms with van der Waals surface area (Å²) in [6, 6.07) is 6.13. The minimum absolute atomic E-state index is 0. The van der Waals surface area contributed by atoms with Gasteiger partial charge in [0.2, 0.25) is 0 Å². The molecule has 1 unspecified atom stereocenters. The predicted molar refractivity (Wildman–Crippen MR) is 103 cm³/mol. The normalized spacial score (nSPS) is 21.0. The van der Waals surface area contributed by atoms with E-state index in [9.17, 15) is 5.11 Å². The van der Waals surface area contributed by atoms with Gasteiger partial charge in [-0.25, -0.2) is 0 Å². The number of aliphatic hydroxyl groups excluding tert-OH is 1. The number of β-amino-alcohol motifs (C(OH)–C–C–N with tert-alkyl or cyclic N) is 1. The van der Waals surface area contributed by atoms with Crippen LogP contribution in [0.1, 0.15) is 58.1 Å². The molecular weight excluding hydrogens is 322 g/mol. The Labute approximate surface area is 153 Å². The number of rotatable bonds is 5. The van der Waals surface area contributed by atoms with Crippen molar-refractivity contribution < 1.29 is 9.84 Å². The van der Waals surface area contributed by atoms with Crippen LogP contribution in [-0.2, 0) is 0 Å². The van der Waals surface area contributed by atoms with Gasteiger partial charge in [0.1, 0.15) is 18.5 Å². The third-order valence-electron chi connectivity index (χ3n) is 5.26. The summed E-state index contributed by atoms with van der Waals surface area (Å²) in [5.74, 6) is 0.906. The first kappa shape index (κ1) is 21.3. The predicted octanol–water partition coefficient (Wildman–Crippen LogP) is 4.51. The van der Waals surface area contributed by atoms with E-state index in [0.29, 0.717) is 13.2 Å². The van der Waals surface area contributed by atoms with Crippen LogP contribution < -0.4 is 4.74 Å². The van der Waals surface area contributed by atoms with Crippen LogP contribution in [-0.4, -0.2) is 40.3 Å². The number of hydrogen-bond acceptors (Lipinski definition) is 3. The number of aryl methyl sites for hydroxylation is 2. The second kappa shape index (κ2) is 8.07. The standard InChI is InChI=1S/C20H33NO2.ClH/c1-15-9-7-10-16(2)18(15)23-14-17(22)13-21-19(3,4)11-8-12-20(21,5)6;/h7,9-10,17,22H,8,11-14H2,1-6H3;1H. The van der Waals surface area contributed by atoms with Crippen LogP contribution in [0.5, 0.6) is 5.75 Å². The highest BCUT2D eigenvalue weighted by molar-refractivity contribution is 5.85. The highest BCUT2D eigenvalue weighted by Gasteiger charge is 2.41. The third-order valence-corrected chi connectivity index (χ3v) is 5.26. The molecule has 1 aromatic carbocycles. The Kier molecular flexibility index (Phi) is 7.16. The lowest BCUT2D eigenvalue weighted by atomic mass is 9.79. The van der Waals surface area contributed by atoms with Gasteiger partial charge in [-0.15, -0.1) is 12.4 Å². The third kappa shape index (κ3) is 4.87. The monoisotopic (exact) mass is 355 g/mol. The lowest BCUT2D eigenvalue weighted by molar-refractivity contribution is -0.0607. The van der Waals surface area contributed by atoms with Gasteiger partial charge in [0, 0.05) is 17.6 Å². The maximum absolute atomic E-state index is 10.5. The number of hydrogen-bond donors (Lipinski definition) is 1. The summed E-state index contributed by atoms with van der Waals surface area (Å²) in [6.07, 6.45) is 3.14. The van der Waals surface area contributed by atoms with Crippen molar-refractivity contribution >= 4 is 12.4 Å². The maximum atomic E-state index is 10.5. The van der Waals surface area contributed by atoms with E-state index in [1.807, 2.05) is 32.0 Å². The molecule has 1 aliphatic heterocycles. The molecular formula is C20H34ClNO2. The van der Waals surface area contributed by atoms with Gasteiger partial charge in [-0.1, -0.05) is 18.2 Å². The Balaban J connectivity index is 0.00000288.